The van der Waals surface area contributed by atoms with Gasteiger partial charge in [-0.3, -0.25) is 4.99 Å². The fourth-order valence-electron chi connectivity index (χ4n) is 2.18. The number of halogens is 3. The summed E-state index contributed by atoms with van der Waals surface area (Å²) in [4.78, 5) is 7.82. The molecule has 0 aliphatic carbocycles. The number of aryl methyl sites for hydroxylation is 1. The Morgan fingerprint density at radius 1 is 1.24 bits per heavy atom. The van der Waals surface area contributed by atoms with Gasteiger partial charge < -0.3 is 16.4 Å². The minimum absolute atomic E-state index is 0.178. The molecule has 0 spiro atoms. The van der Waals surface area contributed by atoms with Crippen molar-refractivity contribution in [3.63, 3.8) is 0 Å². The zero-order valence-electron chi connectivity index (χ0n) is 13.8. The van der Waals surface area contributed by atoms with E-state index in [1.165, 1.54) is 12.3 Å². The number of hydrogen-bond acceptors (Lipinski definition) is 3. The van der Waals surface area contributed by atoms with Crippen LogP contribution in [0.25, 0.3) is 0 Å². The number of nitrogens with one attached hydrogen (secondary N) is 2. The molecule has 0 aliphatic rings. The van der Waals surface area contributed by atoms with Gasteiger partial charge in [-0.05, 0) is 36.2 Å². The first-order chi connectivity index (χ1) is 11.9. The number of hydrogen-bond donors (Lipinski definition) is 3. The fraction of sp³-hybridized carbons (Fsp3) is 0.294. The molecule has 0 amide bonds. The molecule has 0 saturated heterocycles. The van der Waals surface area contributed by atoms with Crippen molar-refractivity contribution in [2.75, 3.05) is 23.7 Å². The van der Waals surface area contributed by atoms with Gasteiger partial charge in [0, 0.05) is 18.4 Å². The number of alkyl halides is 3. The number of benzene rings is 1. The second-order valence-electron chi connectivity index (χ2n) is 5.27. The second kappa shape index (κ2) is 8.36. The highest BCUT2D eigenvalue weighted by molar-refractivity contribution is 5.92. The summed E-state index contributed by atoms with van der Waals surface area (Å²) in [6.07, 6.45) is -2.25. The van der Waals surface area contributed by atoms with Crippen molar-refractivity contribution in [2.45, 2.75) is 19.5 Å². The normalized spacial score (nSPS) is 12.1. The van der Waals surface area contributed by atoms with Gasteiger partial charge >= 0.3 is 6.18 Å². The first kappa shape index (κ1) is 18.6. The molecule has 1 aromatic heterocycles. The summed E-state index contributed by atoms with van der Waals surface area (Å²) >= 11 is 0. The molecule has 0 unspecified atom stereocenters. The Labute approximate surface area is 144 Å². The highest BCUT2D eigenvalue weighted by Crippen LogP contribution is 2.33. The number of aromatic nitrogens is 1. The molecule has 5 nitrogen and oxygen atoms in total. The van der Waals surface area contributed by atoms with E-state index >= 15 is 0 Å². The smallest absolute Gasteiger partial charge is 0.370 e. The van der Waals surface area contributed by atoms with Crippen LogP contribution in [0.1, 0.15) is 18.1 Å². The number of pyridine rings is 1. The first-order valence-corrected chi connectivity index (χ1v) is 7.82. The van der Waals surface area contributed by atoms with E-state index in [9.17, 15) is 13.2 Å². The topological polar surface area (TPSA) is 75.3 Å². The molecule has 0 saturated carbocycles. The zero-order valence-corrected chi connectivity index (χ0v) is 13.8. The standard InChI is InChI=1S/C17H20F3N5/c1-2-12-5-3-6-13(11-12)25-16(21)24-10-9-23-15-14(17(18,19)20)7-4-8-22-15/h3-8,11H,2,9-10H2,1H3,(H,22,23)(H3,21,24,25). The molecule has 0 atom stereocenters. The van der Waals surface area contributed by atoms with Crippen LogP contribution in [0.15, 0.2) is 47.6 Å². The summed E-state index contributed by atoms with van der Waals surface area (Å²) in [7, 11) is 0. The SMILES string of the molecule is CCc1cccc(NC(N)=NCCNc2ncccc2C(F)(F)F)c1. The van der Waals surface area contributed by atoms with Gasteiger partial charge in [-0.2, -0.15) is 13.2 Å². The van der Waals surface area contributed by atoms with Crippen LogP contribution in [-0.2, 0) is 12.6 Å². The highest BCUT2D eigenvalue weighted by Gasteiger charge is 2.33. The molecule has 1 aromatic carbocycles. The predicted molar refractivity (Wildman–Crippen MR) is 93.7 cm³/mol. The van der Waals surface area contributed by atoms with E-state index in [-0.39, 0.29) is 24.9 Å². The molecule has 134 valence electrons. The monoisotopic (exact) mass is 351 g/mol. The number of nitrogens with zero attached hydrogens (tertiary/aromatic N) is 2. The lowest BCUT2D eigenvalue weighted by atomic mass is 10.1. The van der Waals surface area contributed by atoms with Crippen molar-refractivity contribution in [3.05, 3.63) is 53.7 Å². The molecule has 2 rings (SSSR count). The minimum atomic E-state index is -4.45. The molecule has 2 aromatic rings. The molecular formula is C17H20F3N5. The quantitative estimate of drug-likeness (QED) is 0.423. The van der Waals surface area contributed by atoms with Gasteiger partial charge in [-0.25, -0.2) is 4.98 Å². The summed E-state index contributed by atoms with van der Waals surface area (Å²) in [6.45, 7) is 2.44. The van der Waals surface area contributed by atoms with E-state index in [2.05, 4.69) is 27.5 Å². The van der Waals surface area contributed by atoms with Gasteiger partial charge in [0.15, 0.2) is 5.96 Å². The molecule has 0 bridgehead atoms. The van der Waals surface area contributed by atoms with Crippen LogP contribution in [-0.4, -0.2) is 24.0 Å². The van der Waals surface area contributed by atoms with Gasteiger partial charge in [0.2, 0.25) is 0 Å². The van der Waals surface area contributed by atoms with Crippen LogP contribution in [0.3, 0.4) is 0 Å². The van der Waals surface area contributed by atoms with E-state index in [1.54, 1.807) is 0 Å². The van der Waals surface area contributed by atoms with Gasteiger partial charge in [-0.1, -0.05) is 19.1 Å². The van der Waals surface area contributed by atoms with Gasteiger partial charge in [-0.15, -0.1) is 0 Å². The third-order valence-corrected chi connectivity index (χ3v) is 3.41. The van der Waals surface area contributed by atoms with Crippen LogP contribution in [0.4, 0.5) is 24.7 Å². The maximum Gasteiger partial charge on any atom is 0.419 e. The highest BCUT2D eigenvalue weighted by atomic mass is 19.4. The third-order valence-electron chi connectivity index (χ3n) is 3.41. The average Bonchev–Trinajstić information content (AvgIpc) is 2.58. The predicted octanol–water partition coefficient (Wildman–Crippen LogP) is 3.50. The summed E-state index contributed by atoms with van der Waals surface area (Å²) in [5.74, 6) is -0.0144. The minimum Gasteiger partial charge on any atom is -0.370 e. The molecular weight excluding hydrogens is 331 g/mol. The first-order valence-electron chi connectivity index (χ1n) is 7.82. The molecule has 0 radical (unpaired) electrons. The fourth-order valence-corrected chi connectivity index (χ4v) is 2.18. The van der Waals surface area contributed by atoms with Gasteiger partial charge in [0.25, 0.3) is 0 Å². The Morgan fingerprint density at radius 3 is 2.76 bits per heavy atom. The maximum atomic E-state index is 12.9. The lowest BCUT2D eigenvalue weighted by molar-refractivity contribution is -0.137. The van der Waals surface area contributed by atoms with Crippen molar-refractivity contribution in [1.82, 2.24) is 4.98 Å². The molecule has 0 fully saturated rings. The van der Waals surface area contributed by atoms with E-state index in [4.69, 9.17) is 5.73 Å². The average molecular weight is 351 g/mol. The molecule has 8 heteroatoms. The lowest BCUT2D eigenvalue weighted by Crippen LogP contribution is -2.24. The number of anilines is 2. The van der Waals surface area contributed by atoms with Crippen molar-refractivity contribution in [2.24, 2.45) is 10.7 Å². The Morgan fingerprint density at radius 2 is 2.04 bits per heavy atom. The van der Waals surface area contributed by atoms with E-state index in [0.29, 0.717) is 0 Å². The van der Waals surface area contributed by atoms with Gasteiger partial charge in [0.1, 0.15) is 5.82 Å². The van der Waals surface area contributed by atoms with E-state index in [1.807, 2.05) is 24.3 Å². The van der Waals surface area contributed by atoms with Gasteiger partial charge in [0.05, 0.1) is 12.1 Å². The van der Waals surface area contributed by atoms with Crippen LogP contribution < -0.4 is 16.4 Å². The Hall–Kier alpha value is -2.77. The number of guanidine groups is 1. The van der Waals surface area contributed by atoms with Crippen molar-refractivity contribution in [3.8, 4) is 0 Å². The van der Waals surface area contributed by atoms with Crippen LogP contribution in [0.2, 0.25) is 0 Å². The van der Waals surface area contributed by atoms with E-state index in [0.717, 1.165) is 23.7 Å². The van der Waals surface area contributed by atoms with Crippen molar-refractivity contribution in [1.29, 1.82) is 0 Å². The largest absolute Gasteiger partial charge is 0.419 e. The lowest BCUT2D eigenvalue weighted by Gasteiger charge is -2.12. The van der Waals surface area contributed by atoms with Crippen LogP contribution >= 0.6 is 0 Å². The number of nitrogens with two attached hydrogens (primary N) is 1. The van der Waals surface area contributed by atoms with Crippen LogP contribution in [0.5, 0.6) is 0 Å². The molecule has 1 heterocycles. The molecule has 25 heavy (non-hydrogen) atoms. The second-order valence-corrected chi connectivity index (χ2v) is 5.27. The van der Waals surface area contributed by atoms with E-state index < -0.39 is 11.7 Å². The zero-order chi connectivity index (χ0) is 18.3. The summed E-state index contributed by atoms with van der Waals surface area (Å²) < 4.78 is 38.6. The Kier molecular flexibility index (Phi) is 6.21. The number of aliphatic imine (C=N–C) groups is 1. The Balaban J connectivity index is 1.89. The van der Waals surface area contributed by atoms with Crippen molar-refractivity contribution < 1.29 is 13.2 Å². The summed E-state index contributed by atoms with van der Waals surface area (Å²) in [6, 6.07) is 9.98. The molecule has 0 aliphatic heterocycles. The Bertz CT molecular complexity index is 728. The number of rotatable bonds is 6. The van der Waals surface area contributed by atoms with Crippen LogP contribution in [0, 0.1) is 0 Å². The summed E-state index contributed by atoms with van der Waals surface area (Å²) in [5, 5.41) is 5.59. The molecule has 4 N–H and O–H groups in total. The third kappa shape index (κ3) is 5.66. The maximum absolute atomic E-state index is 12.9. The summed E-state index contributed by atoms with van der Waals surface area (Å²) in [5.41, 5.74) is 6.97. The van der Waals surface area contributed by atoms with Crippen molar-refractivity contribution >= 4 is 17.5 Å².